The summed E-state index contributed by atoms with van der Waals surface area (Å²) in [7, 11) is 4.09. The molecule has 1 heterocycles. The van der Waals surface area contributed by atoms with Gasteiger partial charge in [0.25, 0.3) is 0 Å². The minimum Gasteiger partial charge on any atom is -0.381 e. The van der Waals surface area contributed by atoms with Crippen molar-refractivity contribution in [3.8, 4) is 0 Å². The minimum absolute atomic E-state index is 0.802. The molecule has 94 valence electrons. The van der Waals surface area contributed by atoms with E-state index in [0.717, 1.165) is 12.2 Å². The van der Waals surface area contributed by atoms with Crippen LogP contribution in [0.5, 0.6) is 0 Å². The summed E-state index contributed by atoms with van der Waals surface area (Å²) in [6, 6.07) is 10.4. The van der Waals surface area contributed by atoms with Crippen LogP contribution in [-0.4, -0.2) is 19.1 Å². The quantitative estimate of drug-likeness (QED) is 0.891. The van der Waals surface area contributed by atoms with Gasteiger partial charge in [-0.25, -0.2) is 0 Å². The second-order valence-electron chi connectivity index (χ2n) is 4.60. The summed E-state index contributed by atoms with van der Waals surface area (Å²) in [6.07, 6.45) is 3.74. The molecule has 0 atom stereocenters. The van der Waals surface area contributed by atoms with Crippen LogP contribution in [0.2, 0.25) is 0 Å². The van der Waals surface area contributed by atoms with Crippen LogP contribution in [-0.2, 0) is 6.54 Å². The van der Waals surface area contributed by atoms with Crippen molar-refractivity contribution in [2.24, 2.45) is 0 Å². The summed E-state index contributed by atoms with van der Waals surface area (Å²) in [5.74, 6) is 0. The Labute approximate surface area is 108 Å². The van der Waals surface area contributed by atoms with Gasteiger partial charge in [-0.3, -0.25) is 4.98 Å². The molecule has 0 bridgehead atoms. The number of hydrogen-bond acceptors (Lipinski definition) is 3. The molecule has 1 N–H and O–H groups in total. The number of pyridine rings is 1. The maximum absolute atomic E-state index is 4.16. The average Bonchev–Trinajstić information content (AvgIpc) is 2.38. The van der Waals surface area contributed by atoms with E-state index in [-0.39, 0.29) is 0 Å². The van der Waals surface area contributed by atoms with Crippen LogP contribution in [0, 0.1) is 6.92 Å². The highest BCUT2D eigenvalue weighted by atomic mass is 15.1. The molecule has 0 unspecified atom stereocenters. The highest BCUT2D eigenvalue weighted by Crippen LogP contribution is 2.18. The van der Waals surface area contributed by atoms with Gasteiger partial charge < -0.3 is 10.2 Å². The summed E-state index contributed by atoms with van der Waals surface area (Å²) >= 11 is 0. The standard InChI is InChI=1S/C15H19N3/c1-12-7-8-16-10-13(12)11-17-14-5-4-6-15(9-14)18(2)3/h4-10,17H,11H2,1-3H3. The van der Waals surface area contributed by atoms with Crippen molar-refractivity contribution in [3.05, 3.63) is 53.9 Å². The third-order valence-electron chi connectivity index (χ3n) is 2.99. The fourth-order valence-electron chi connectivity index (χ4n) is 1.77. The Balaban J connectivity index is 2.07. The zero-order valence-electron chi connectivity index (χ0n) is 11.1. The molecule has 0 saturated heterocycles. The average molecular weight is 241 g/mol. The third-order valence-corrected chi connectivity index (χ3v) is 2.99. The Hall–Kier alpha value is -2.03. The molecule has 2 rings (SSSR count). The molecule has 0 aliphatic carbocycles. The van der Waals surface area contributed by atoms with Crippen LogP contribution in [0.1, 0.15) is 11.1 Å². The molecule has 3 heteroatoms. The molecule has 0 radical (unpaired) electrons. The molecule has 1 aromatic carbocycles. The lowest BCUT2D eigenvalue weighted by Crippen LogP contribution is -2.09. The molecule has 1 aromatic heterocycles. The fraction of sp³-hybridized carbons (Fsp3) is 0.267. The normalized spacial score (nSPS) is 10.2. The lowest BCUT2D eigenvalue weighted by Gasteiger charge is -2.14. The van der Waals surface area contributed by atoms with Gasteiger partial charge in [-0.05, 0) is 42.3 Å². The topological polar surface area (TPSA) is 28.2 Å². The first-order chi connectivity index (χ1) is 8.66. The van der Waals surface area contributed by atoms with E-state index in [4.69, 9.17) is 0 Å². The van der Waals surface area contributed by atoms with Crippen molar-refractivity contribution in [1.82, 2.24) is 4.98 Å². The van der Waals surface area contributed by atoms with Crippen molar-refractivity contribution in [2.75, 3.05) is 24.3 Å². The van der Waals surface area contributed by atoms with E-state index in [1.54, 1.807) is 0 Å². The number of aromatic nitrogens is 1. The molecule has 0 aliphatic heterocycles. The second kappa shape index (κ2) is 5.54. The van der Waals surface area contributed by atoms with Gasteiger partial charge in [0.15, 0.2) is 0 Å². The highest BCUT2D eigenvalue weighted by Gasteiger charge is 2.00. The zero-order valence-corrected chi connectivity index (χ0v) is 11.1. The maximum atomic E-state index is 4.16. The van der Waals surface area contributed by atoms with Crippen molar-refractivity contribution in [3.63, 3.8) is 0 Å². The molecule has 0 aliphatic rings. The Morgan fingerprint density at radius 1 is 1.22 bits per heavy atom. The number of nitrogens with one attached hydrogen (secondary N) is 1. The molecular weight excluding hydrogens is 222 g/mol. The molecular formula is C15H19N3. The Morgan fingerprint density at radius 2 is 2.06 bits per heavy atom. The van der Waals surface area contributed by atoms with Crippen LogP contribution >= 0.6 is 0 Å². The lowest BCUT2D eigenvalue weighted by molar-refractivity contribution is 1.08. The zero-order chi connectivity index (χ0) is 13.0. The third kappa shape index (κ3) is 3.00. The number of nitrogens with zero attached hydrogens (tertiary/aromatic N) is 2. The number of hydrogen-bond donors (Lipinski definition) is 1. The molecule has 0 spiro atoms. The Kier molecular flexibility index (Phi) is 3.82. The largest absolute Gasteiger partial charge is 0.381 e. The Morgan fingerprint density at radius 3 is 2.78 bits per heavy atom. The summed E-state index contributed by atoms with van der Waals surface area (Å²) in [5, 5.41) is 3.43. The highest BCUT2D eigenvalue weighted by molar-refractivity contribution is 5.57. The van der Waals surface area contributed by atoms with Gasteiger partial charge in [0.05, 0.1) is 0 Å². The van der Waals surface area contributed by atoms with Crippen LogP contribution in [0.4, 0.5) is 11.4 Å². The van der Waals surface area contributed by atoms with Crippen molar-refractivity contribution < 1.29 is 0 Å². The van der Waals surface area contributed by atoms with E-state index in [2.05, 4.69) is 46.4 Å². The number of anilines is 2. The van der Waals surface area contributed by atoms with Gasteiger partial charge in [-0.2, -0.15) is 0 Å². The summed E-state index contributed by atoms with van der Waals surface area (Å²) in [4.78, 5) is 6.25. The number of rotatable bonds is 4. The molecule has 18 heavy (non-hydrogen) atoms. The van der Waals surface area contributed by atoms with E-state index < -0.39 is 0 Å². The van der Waals surface area contributed by atoms with Crippen molar-refractivity contribution in [1.29, 1.82) is 0 Å². The fourth-order valence-corrected chi connectivity index (χ4v) is 1.77. The van der Waals surface area contributed by atoms with Gasteiger partial charge in [0.2, 0.25) is 0 Å². The molecule has 2 aromatic rings. The predicted octanol–water partition coefficient (Wildman–Crippen LogP) is 3.07. The molecule has 3 nitrogen and oxygen atoms in total. The Bertz CT molecular complexity index is 521. The van der Waals surface area contributed by atoms with Gasteiger partial charge in [0, 0.05) is 44.4 Å². The SMILES string of the molecule is Cc1ccncc1CNc1cccc(N(C)C)c1. The molecule has 0 amide bonds. The first kappa shape index (κ1) is 12.4. The van der Waals surface area contributed by atoms with Gasteiger partial charge in [-0.1, -0.05) is 6.07 Å². The van der Waals surface area contributed by atoms with Crippen LogP contribution in [0.25, 0.3) is 0 Å². The van der Waals surface area contributed by atoms with E-state index >= 15 is 0 Å². The van der Waals surface area contributed by atoms with Crippen LogP contribution in [0.15, 0.2) is 42.7 Å². The van der Waals surface area contributed by atoms with E-state index in [9.17, 15) is 0 Å². The van der Waals surface area contributed by atoms with Gasteiger partial charge in [0.1, 0.15) is 0 Å². The van der Waals surface area contributed by atoms with E-state index in [1.165, 1.54) is 16.8 Å². The van der Waals surface area contributed by atoms with Crippen molar-refractivity contribution >= 4 is 11.4 Å². The number of benzene rings is 1. The van der Waals surface area contributed by atoms with Crippen LogP contribution in [0.3, 0.4) is 0 Å². The maximum Gasteiger partial charge on any atom is 0.0418 e. The van der Waals surface area contributed by atoms with Gasteiger partial charge in [-0.15, -0.1) is 0 Å². The second-order valence-corrected chi connectivity index (χ2v) is 4.60. The first-order valence-electron chi connectivity index (χ1n) is 6.07. The summed E-state index contributed by atoms with van der Waals surface area (Å²) in [6.45, 7) is 2.91. The van der Waals surface area contributed by atoms with Gasteiger partial charge >= 0.3 is 0 Å². The van der Waals surface area contributed by atoms with E-state index in [1.807, 2.05) is 32.6 Å². The van der Waals surface area contributed by atoms with Crippen molar-refractivity contribution in [2.45, 2.75) is 13.5 Å². The monoisotopic (exact) mass is 241 g/mol. The summed E-state index contributed by atoms with van der Waals surface area (Å²) in [5.41, 5.74) is 4.82. The first-order valence-corrected chi connectivity index (χ1v) is 6.07. The van der Waals surface area contributed by atoms with Crippen LogP contribution < -0.4 is 10.2 Å². The molecule has 0 saturated carbocycles. The number of aryl methyl sites for hydroxylation is 1. The van der Waals surface area contributed by atoms with E-state index in [0.29, 0.717) is 0 Å². The minimum atomic E-state index is 0.802. The molecule has 0 fully saturated rings. The lowest BCUT2D eigenvalue weighted by atomic mass is 10.1. The smallest absolute Gasteiger partial charge is 0.0418 e. The predicted molar refractivity (Wildman–Crippen MR) is 77.1 cm³/mol. The summed E-state index contributed by atoms with van der Waals surface area (Å²) < 4.78 is 0.